The third kappa shape index (κ3) is 4.62. The molecule has 0 saturated carbocycles. The summed E-state index contributed by atoms with van der Waals surface area (Å²) in [5.74, 6) is -2.15. The van der Waals surface area contributed by atoms with E-state index in [-0.39, 0.29) is 23.9 Å². The number of imide groups is 2. The minimum atomic E-state index is -1.06. The summed E-state index contributed by atoms with van der Waals surface area (Å²) in [5, 5.41) is 2.73. The summed E-state index contributed by atoms with van der Waals surface area (Å²) in [6.07, 6.45) is 1.76. The number of hydrogen-bond donors (Lipinski definition) is 1. The van der Waals surface area contributed by atoms with Gasteiger partial charge < -0.3 is 9.73 Å². The number of nitrogens with zero attached hydrogens (tertiary/aromatic N) is 2. The van der Waals surface area contributed by atoms with Crippen LogP contribution >= 0.6 is 0 Å². The van der Waals surface area contributed by atoms with E-state index in [2.05, 4.69) is 5.32 Å². The summed E-state index contributed by atoms with van der Waals surface area (Å²) >= 11 is 0. The maximum Gasteiger partial charge on any atom is 0.335 e. The Bertz CT molecular complexity index is 979. The molecule has 0 atom stereocenters. The standard InChI is InChI=1S/C21H21N3O6/c1-13(2)10-18(26)22-15-7-5-14(6-8-15)17(25)12-24-20(28)19(27)23(21(24)29)11-16-4-3-9-30-16/h3-9,13H,10-12H2,1-2H3,(H,22,26). The second kappa shape index (κ2) is 8.73. The Morgan fingerprint density at radius 2 is 1.67 bits per heavy atom. The molecule has 5 amide bonds. The van der Waals surface area contributed by atoms with Gasteiger partial charge in [0.1, 0.15) is 5.76 Å². The number of benzene rings is 1. The highest BCUT2D eigenvalue weighted by Crippen LogP contribution is 2.18. The van der Waals surface area contributed by atoms with Crippen LogP contribution in [0.25, 0.3) is 0 Å². The molecule has 1 aromatic heterocycles. The van der Waals surface area contributed by atoms with Crippen LogP contribution in [-0.2, 0) is 20.9 Å². The molecule has 1 aliphatic rings. The first-order valence-corrected chi connectivity index (χ1v) is 9.39. The predicted molar refractivity (Wildman–Crippen MR) is 105 cm³/mol. The molecule has 1 saturated heterocycles. The molecule has 0 bridgehead atoms. The zero-order valence-corrected chi connectivity index (χ0v) is 16.6. The van der Waals surface area contributed by atoms with Crippen molar-refractivity contribution >= 4 is 35.2 Å². The molecule has 9 nitrogen and oxygen atoms in total. The number of ketones is 1. The summed E-state index contributed by atoms with van der Waals surface area (Å²) in [4.78, 5) is 62.4. The van der Waals surface area contributed by atoms with Gasteiger partial charge in [0.25, 0.3) is 0 Å². The summed E-state index contributed by atoms with van der Waals surface area (Å²) in [5.41, 5.74) is 0.778. The number of Topliss-reactive ketones (excluding diaryl/α,β-unsaturated/α-hetero) is 1. The molecule has 30 heavy (non-hydrogen) atoms. The second-order valence-electron chi connectivity index (χ2n) is 7.29. The summed E-state index contributed by atoms with van der Waals surface area (Å²) in [6, 6.07) is 8.40. The third-order valence-corrected chi connectivity index (χ3v) is 4.42. The number of carbonyl (C=O) groups is 5. The molecule has 0 spiro atoms. The van der Waals surface area contributed by atoms with Gasteiger partial charge in [-0.15, -0.1) is 0 Å². The van der Waals surface area contributed by atoms with Crippen molar-refractivity contribution in [2.24, 2.45) is 5.92 Å². The van der Waals surface area contributed by atoms with E-state index in [0.717, 1.165) is 4.90 Å². The SMILES string of the molecule is CC(C)CC(=O)Nc1ccc(C(=O)CN2C(=O)C(=O)N(Cc3ccco3)C2=O)cc1. The average molecular weight is 411 g/mol. The van der Waals surface area contributed by atoms with Crippen molar-refractivity contribution in [2.75, 3.05) is 11.9 Å². The molecule has 9 heteroatoms. The van der Waals surface area contributed by atoms with Crippen LogP contribution in [0.4, 0.5) is 10.5 Å². The molecule has 0 radical (unpaired) electrons. The number of hydrogen-bond acceptors (Lipinski definition) is 6. The van der Waals surface area contributed by atoms with Gasteiger partial charge in [0.15, 0.2) is 5.78 Å². The smallest absolute Gasteiger partial charge is 0.335 e. The monoisotopic (exact) mass is 411 g/mol. The highest BCUT2D eigenvalue weighted by molar-refractivity contribution is 6.45. The molecule has 0 unspecified atom stereocenters. The van der Waals surface area contributed by atoms with E-state index in [4.69, 9.17) is 4.42 Å². The number of anilines is 1. The zero-order chi connectivity index (χ0) is 21.8. The maximum atomic E-state index is 12.5. The molecule has 1 N–H and O–H groups in total. The van der Waals surface area contributed by atoms with E-state index in [1.165, 1.54) is 18.4 Å². The molecule has 156 valence electrons. The fraction of sp³-hybridized carbons (Fsp3) is 0.286. The van der Waals surface area contributed by atoms with Gasteiger partial charge in [0, 0.05) is 17.7 Å². The number of rotatable bonds is 8. The Morgan fingerprint density at radius 1 is 1.00 bits per heavy atom. The van der Waals surface area contributed by atoms with Gasteiger partial charge in [-0.1, -0.05) is 13.8 Å². The van der Waals surface area contributed by atoms with Gasteiger partial charge in [-0.2, -0.15) is 0 Å². The zero-order valence-electron chi connectivity index (χ0n) is 16.6. The maximum absolute atomic E-state index is 12.5. The lowest BCUT2D eigenvalue weighted by Crippen LogP contribution is -2.36. The van der Waals surface area contributed by atoms with Crippen molar-refractivity contribution in [1.82, 2.24) is 9.80 Å². The Morgan fingerprint density at radius 3 is 2.27 bits per heavy atom. The first-order chi connectivity index (χ1) is 14.3. The van der Waals surface area contributed by atoms with E-state index in [1.807, 2.05) is 13.8 Å². The number of amides is 5. The largest absolute Gasteiger partial charge is 0.467 e. The minimum Gasteiger partial charge on any atom is -0.467 e. The van der Waals surface area contributed by atoms with E-state index in [9.17, 15) is 24.0 Å². The lowest BCUT2D eigenvalue weighted by atomic mass is 10.1. The Balaban J connectivity index is 1.63. The van der Waals surface area contributed by atoms with Crippen molar-refractivity contribution in [3.05, 3.63) is 54.0 Å². The third-order valence-electron chi connectivity index (χ3n) is 4.42. The number of furan rings is 1. The van der Waals surface area contributed by atoms with E-state index < -0.39 is 30.2 Å². The van der Waals surface area contributed by atoms with Crippen LogP contribution < -0.4 is 5.32 Å². The molecule has 1 fully saturated rings. The quantitative estimate of drug-likeness (QED) is 0.405. The van der Waals surface area contributed by atoms with E-state index in [0.29, 0.717) is 22.8 Å². The number of nitrogens with one attached hydrogen (secondary N) is 1. The fourth-order valence-electron chi connectivity index (χ4n) is 2.94. The first-order valence-electron chi connectivity index (χ1n) is 9.39. The van der Waals surface area contributed by atoms with Crippen LogP contribution in [0.1, 0.15) is 36.4 Å². The molecular weight excluding hydrogens is 390 g/mol. The van der Waals surface area contributed by atoms with Crippen LogP contribution in [0.15, 0.2) is 47.1 Å². The van der Waals surface area contributed by atoms with Crippen molar-refractivity contribution in [2.45, 2.75) is 26.8 Å². The Hall–Kier alpha value is -3.75. The molecule has 2 heterocycles. The highest BCUT2D eigenvalue weighted by Gasteiger charge is 2.45. The Labute approximate surface area is 172 Å². The van der Waals surface area contributed by atoms with Gasteiger partial charge >= 0.3 is 17.8 Å². The number of carbonyl (C=O) groups excluding carboxylic acids is 5. The van der Waals surface area contributed by atoms with Crippen molar-refractivity contribution in [3.63, 3.8) is 0 Å². The van der Waals surface area contributed by atoms with Crippen molar-refractivity contribution in [3.8, 4) is 0 Å². The first kappa shape index (κ1) is 21.0. The van der Waals surface area contributed by atoms with Crippen LogP contribution in [0, 0.1) is 5.92 Å². The topological polar surface area (TPSA) is 117 Å². The van der Waals surface area contributed by atoms with E-state index in [1.54, 1.807) is 24.3 Å². The highest BCUT2D eigenvalue weighted by atomic mass is 16.3. The van der Waals surface area contributed by atoms with Crippen molar-refractivity contribution < 1.29 is 28.4 Å². The van der Waals surface area contributed by atoms with Gasteiger partial charge in [-0.3, -0.25) is 19.2 Å². The lowest BCUT2D eigenvalue weighted by molar-refractivity contribution is -0.143. The normalized spacial score (nSPS) is 14.0. The molecule has 0 aliphatic carbocycles. The van der Waals surface area contributed by atoms with Crippen LogP contribution in [-0.4, -0.2) is 45.9 Å². The van der Waals surface area contributed by atoms with Crippen LogP contribution in [0.2, 0.25) is 0 Å². The van der Waals surface area contributed by atoms with Gasteiger partial charge in [0.2, 0.25) is 5.91 Å². The van der Waals surface area contributed by atoms with Gasteiger partial charge in [-0.05, 0) is 42.3 Å². The molecule has 1 aromatic carbocycles. The molecular formula is C21H21N3O6. The molecule has 1 aliphatic heterocycles. The summed E-state index contributed by atoms with van der Waals surface area (Å²) in [6.45, 7) is 3.12. The summed E-state index contributed by atoms with van der Waals surface area (Å²) < 4.78 is 5.10. The molecule has 3 rings (SSSR count). The van der Waals surface area contributed by atoms with E-state index >= 15 is 0 Å². The fourth-order valence-corrected chi connectivity index (χ4v) is 2.94. The van der Waals surface area contributed by atoms with Crippen LogP contribution in [0.3, 0.4) is 0 Å². The van der Waals surface area contributed by atoms with Gasteiger partial charge in [0.05, 0.1) is 19.4 Å². The molecule has 2 aromatic rings. The second-order valence-corrected chi connectivity index (χ2v) is 7.29. The average Bonchev–Trinajstić information content (AvgIpc) is 3.27. The van der Waals surface area contributed by atoms with Gasteiger partial charge in [-0.25, -0.2) is 14.6 Å². The number of urea groups is 1. The summed E-state index contributed by atoms with van der Waals surface area (Å²) in [7, 11) is 0. The van der Waals surface area contributed by atoms with Crippen LogP contribution in [0.5, 0.6) is 0 Å². The Kier molecular flexibility index (Phi) is 6.10. The predicted octanol–water partition coefficient (Wildman–Crippen LogP) is 2.44. The minimum absolute atomic E-state index is 0.132. The lowest BCUT2D eigenvalue weighted by Gasteiger charge is -2.14. The van der Waals surface area contributed by atoms with Crippen molar-refractivity contribution in [1.29, 1.82) is 0 Å².